The Labute approximate surface area is 96.7 Å². The Bertz CT molecular complexity index is 364. The summed E-state index contributed by atoms with van der Waals surface area (Å²) in [6, 6.07) is 1.85. The van der Waals surface area contributed by atoms with Crippen LogP contribution in [0.2, 0.25) is 0 Å². The average Bonchev–Trinajstić information content (AvgIpc) is 2.73. The van der Waals surface area contributed by atoms with E-state index in [2.05, 4.69) is 28.0 Å². The summed E-state index contributed by atoms with van der Waals surface area (Å²) >= 11 is 3.43. The first-order valence-electron chi connectivity index (χ1n) is 5.10. The molecule has 1 amide bonds. The van der Waals surface area contributed by atoms with E-state index in [1.807, 2.05) is 6.07 Å². The monoisotopic (exact) mass is 272 g/mol. The van der Waals surface area contributed by atoms with Gasteiger partial charge in [-0.05, 0) is 6.42 Å². The van der Waals surface area contributed by atoms with Gasteiger partial charge in [0.25, 0.3) is 0 Å². The minimum absolute atomic E-state index is 0.0936. The van der Waals surface area contributed by atoms with Crippen molar-refractivity contribution >= 4 is 27.7 Å². The van der Waals surface area contributed by atoms with Crippen LogP contribution in [-0.2, 0) is 11.2 Å². The third-order valence-electron chi connectivity index (χ3n) is 2.40. The van der Waals surface area contributed by atoms with Crippen LogP contribution in [0.4, 0.5) is 5.88 Å². The highest BCUT2D eigenvalue weighted by molar-refractivity contribution is 9.09. The highest BCUT2D eigenvalue weighted by atomic mass is 79.9. The number of amides is 1. The third kappa shape index (κ3) is 2.22. The van der Waals surface area contributed by atoms with Gasteiger partial charge < -0.3 is 4.52 Å². The van der Waals surface area contributed by atoms with Crippen LogP contribution >= 0.6 is 15.9 Å². The predicted molar refractivity (Wildman–Crippen MR) is 60.2 cm³/mol. The van der Waals surface area contributed by atoms with Crippen molar-refractivity contribution in [1.29, 1.82) is 0 Å². The Morgan fingerprint density at radius 2 is 2.53 bits per heavy atom. The van der Waals surface area contributed by atoms with Crippen molar-refractivity contribution in [2.24, 2.45) is 0 Å². The first kappa shape index (κ1) is 10.7. The molecule has 82 valence electrons. The molecule has 0 N–H and O–H groups in total. The molecule has 2 rings (SSSR count). The van der Waals surface area contributed by atoms with Crippen molar-refractivity contribution in [2.75, 3.05) is 11.4 Å². The van der Waals surface area contributed by atoms with E-state index >= 15 is 0 Å². The Morgan fingerprint density at radius 3 is 3.13 bits per heavy atom. The van der Waals surface area contributed by atoms with Crippen LogP contribution in [0.1, 0.15) is 25.5 Å². The number of alkyl halides is 1. The summed E-state index contributed by atoms with van der Waals surface area (Å²) in [5.41, 5.74) is 0.915. The maximum atomic E-state index is 11.6. The molecule has 4 nitrogen and oxygen atoms in total. The lowest BCUT2D eigenvalue weighted by atomic mass is 10.2. The number of hydrogen-bond acceptors (Lipinski definition) is 3. The van der Waals surface area contributed by atoms with Gasteiger partial charge >= 0.3 is 0 Å². The van der Waals surface area contributed by atoms with Gasteiger partial charge in [-0.3, -0.25) is 9.69 Å². The third-order valence-corrected chi connectivity index (χ3v) is 3.01. The fourth-order valence-corrected chi connectivity index (χ4v) is 2.25. The number of carbonyl (C=O) groups is 1. The van der Waals surface area contributed by atoms with Crippen molar-refractivity contribution in [2.45, 2.75) is 31.0 Å². The van der Waals surface area contributed by atoms with E-state index in [0.717, 1.165) is 18.5 Å². The van der Waals surface area contributed by atoms with Gasteiger partial charge in [-0.1, -0.05) is 34.4 Å². The van der Waals surface area contributed by atoms with Crippen LogP contribution in [0.25, 0.3) is 0 Å². The second-order valence-electron chi connectivity index (χ2n) is 3.71. The molecule has 5 heteroatoms. The van der Waals surface area contributed by atoms with E-state index in [-0.39, 0.29) is 10.7 Å². The number of hydrogen-bond donors (Lipinski definition) is 0. The van der Waals surface area contributed by atoms with Gasteiger partial charge in [-0.15, -0.1) is 0 Å². The van der Waals surface area contributed by atoms with Crippen LogP contribution in [-0.4, -0.2) is 22.4 Å². The van der Waals surface area contributed by atoms with Gasteiger partial charge in [0.1, 0.15) is 0 Å². The normalized spacial score (nSPS) is 21.3. The molecule has 1 atom stereocenters. The maximum absolute atomic E-state index is 11.6. The fraction of sp³-hybridized carbons (Fsp3) is 0.600. The minimum Gasteiger partial charge on any atom is -0.338 e. The Balaban J connectivity index is 2.12. The summed E-state index contributed by atoms with van der Waals surface area (Å²) in [6.07, 6.45) is 2.45. The summed E-state index contributed by atoms with van der Waals surface area (Å²) in [6.45, 7) is 2.75. The van der Waals surface area contributed by atoms with E-state index in [1.54, 1.807) is 4.90 Å². The molecule has 1 aliphatic heterocycles. The molecule has 1 aromatic heterocycles. The van der Waals surface area contributed by atoms with E-state index in [4.69, 9.17) is 4.52 Å². The van der Waals surface area contributed by atoms with Gasteiger partial charge in [0.2, 0.25) is 11.8 Å². The molecule has 0 saturated carbocycles. The Hall–Kier alpha value is -0.840. The number of aryl methyl sites for hydroxylation is 1. The quantitative estimate of drug-likeness (QED) is 0.792. The van der Waals surface area contributed by atoms with Crippen molar-refractivity contribution in [1.82, 2.24) is 5.16 Å². The number of halogens is 1. The molecule has 1 aromatic rings. The molecule has 0 spiro atoms. The molecular formula is C10H13BrN2O2. The number of aromatic nitrogens is 1. The maximum Gasteiger partial charge on any atom is 0.234 e. The fourth-order valence-electron chi connectivity index (χ4n) is 1.68. The lowest BCUT2D eigenvalue weighted by Gasteiger charge is -2.09. The van der Waals surface area contributed by atoms with Crippen LogP contribution in [0.3, 0.4) is 0 Å². The zero-order valence-corrected chi connectivity index (χ0v) is 10.2. The lowest BCUT2D eigenvalue weighted by Crippen LogP contribution is -2.23. The van der Waals surface area contributed by atoms with Crippen LogP contribution in [0.5, 0.6) is 0 Å². The van der Waals surface area contributed by atoms with Crippen LogP contribution in [0.15, 0.2) is 10.6 Å². The molecule has 0 aliphatic carbocycles. The molecule has 1 fully saturated rings. The molecule has 0 aromatic carbocycles. The topological polar surface area (TPSA) is 46.3 Å². The van der Waals surface area contributed by atoms with Crippen molar-refractivity contribution in [3.05, 3.63) is 11.8 Å². The number of carbonyl (C=O) groups excluding carboxylic acids is 1. The van der Waals surface area contributed by atoms with Gasteiger partial charge in [0.15, 0.2) is 0 Å². The van der Waals surface area contributed by atoms with Gasteiger partial charge in [0, 0.05) is 23.9 Å². The van der Waals surface area contributed by atoms with Crippen molar-refractivity contribution in [3.8, 4) is 0 Å². The molecule has 2 heterocycles. The highest BCUT2D eigenvalue weighted by Gasteiger charge is 2.31. The number of nitrogens with zero attached hydrogens (tertiary/aromatic N) is 2. The standard InChI is InChI=1S/C10H13BrN2O2/c1-2-3-8-5-10(15-12-8)13-6-7(11)4-9(13)14/h5,7H,2-4,6H2,1H3. The number of rotatable bonds is 3. The smallest absolute Gasteiger partial charge is 0.234 e. The molecule has 1 unspecified atom stereocenters. The molecular weight excluding hydrogens is 260 g/mol. The number of anilines is 1. The first-order chi connectivity index (χ1) is 7.20. The van der Waals surface area contributed by atoms with Gasteiger partial charge in [-0.2, -0.15) is 0 Å². The summed E-state index contributed by atoms with van der Waals surface area (Å²) in [4.78, 5) is 13.4. The molecule has 1 saturated heterocycles. The van der Waals surface area contributed by atoms with E-state index in [9.17, 15) is 4.79 Å². The van der Waals surface area contributed by atoms with Gasteiger partial charge in [-0.25, -0.2) is 0 Å². The average molecular weight is 273 g/mol. The molecule has 0 bridgehead atoms. The van der Waals surface area contributed by atoms with E-state index < -0.39 is 0 Å². The largest absolute Gasteiger partial charge is 0.338 e. The molecule has 1 aliphatic rings. The van der Waals surface area contributed by atoms with Gasteiger partial charge in [0.05, 0.1) is 5.69 Å². The Morgan fingerprint density at radius 1 is 1.73 bits per heavy atom. The lowest BCUT2D eigenvalue weighted by molar-refractivity contribution is -0.117. The SMILES string of the molecule is CCCc1cc(N2CC(Br)CC2=O)on1. The van der Waals surface area contributed by atoms with Crippen molar-refractivity contribution in [3.63, 3.8) is 0 Å². The summed E-state index contributed by atoms with van der Waals surface area (Å²) in [7, 11) is 0. The minimum atomic E-state index is 0.0936. The van der Waals surface area contributed by atoms with Crippen LogP contribution < -0.4 is 4.90 Å². The summed E-state index contributed by atoms with van der Waals surface area (Å²) in [5, 5.41) is 3.93. The second-order valence-corrected chi connectivity index (χ2v) is 5.01. The second kappa shape index (κ2) is 4.35. The summed E-state index contributed by atoms with van der Waals surface area (Å²) in [5.74, 6) is 0.668. The Kier molecular flexibility index (Phi) is 3.09. The highest BCUT2D eigenvalue weighted by Crippen LogP contribution is 2.25. The van der Waals surface area contributed by atoms with Crippen LogP contribution in [0, 0.1) is 0 Å². The van der Waals surface area contributed by atoms with Crippen molar-refractivity contribution < 1.29 is 9.32 Å². The predicted octanol–water partition coefficient (Wildman–Crippen LogP) is 2.13. The van der Waals surface area contributed by atoms with E-state index in [0.29, 0.717) is 18.8 Å². The first-order valence-corrected chi connectivity index (χ1v) is 6.02. The molecule has 15 heavy (non-hydrogen) atoms. The summed E-state index contributed by atoms with van der Waals surface area (Å²) < 4.78 is 5.15. The molecule has 0 radical (unpaired) electrons. The zero-order chi connectivity index (χ0) is 10.8. The zero-order valence-electron chi connectivity index (χ0n) is 8.57. The van der Waals surface area contributed by atoms with E-state index in [1.165, 1.54) is 0 Å².